The summed E-state index contributed by atoms with van der Waals surface area (Å²) in [6.45, 7) is -2.07. The topological polar surface area (TPSA) is 86.5 Å². The maximum atomic E-state index is 11.9. The molecule has 6 nitrogen and oxygen atoms in total. The van der Waals surface area contributed by atoms with E-state index in [9.17, 15) is 31.7 Å². The van der Waals surface area contributed by atoms with Crippen LogP contribution < -0.4 is 0 Å². The minimum absolute atomic E-state index is 0.138. The number of benzene rings is 1. The fourth-order valence-electron chi connectivity index (χ4n) is 1.05. The second kappa shape index (κ2) is 5.31. The van der Waals surface area contributed by atoms with Crippen LogP contribution >= 0.6 is 11.6 Å². The van der Waals surface area contributed by atoms with Gasteiger partial charge in [-0.05, 0) is 12.1 Å². The largest absolute Gasteiger partial charge is 0.413 e. The van der Waals surface area contributed by atoms with Gasteiger partial charge in [0.05, 0.1) is 4.92 Å². The normalized spacial score (nSPS) is 12.4. The van der Waals surface area contributed by atoms with E-state index in [0.717, 1.165) is 6.07 Å². The van der Waals surface area contributed by atoms with Gasteiger partial charge in [0.2, 0.25) is 0 Å². The molecule has 11 heteroatoms. The van der Waals surface area contributed by atoms with Gasteiger partial charge in [-0.25, -0.2) is 0 Å². The molecule has 0 saturated heterocycles. The Balaban J connectivity index is 3.18. The predicted octanol–water partition coefficient (Wildman–Crippen LogP) is 2.52. The average Bonchev–Trinajstić information content (AvgIpc) is 2.25. The zero-order valence-electron chi connectivity index (χ0n) is 8.85. The van der Waals surface area contributed by atoms with Gasteiger partial charge in [-0.1, -0.05) is 11.6 Å². The van der Waals surface area contributed by atoms with E-state index < -0.39 is 38.4 Å². The molecule has 0 aliphatic carbocycles. The molecular formula is C8H5ClF3NO5S. The second-order valence-corrected chi connectivity index (χ2v) is 5.22. The SMILES string of the molecule is O=[N+]([O-])c1cc(Cl)ccc1S(=O)(=O)OCC(F)(F)F. The molecule has 0 bridgehead atoms. The Hall–Kier alpha value is -1.39. The molecule has 19 heavy (non-hydrogen) atoms. The first-order valence-electron chi connectivity index (χ1n) is 4.43. The molecule has 0 aliphatic heterocycles. The Kier molecular flexibility index (Phi) is 4.38. The predicted molar refractivity (Wildman–Crippen MR) is 57.3 cm³/mol. The Morgan fingerprint density at radius 3 is 2.42 bits per heavy atom. The van der Waals surface area contributed by atoms with Crippen molar-refractivity contribution in [2.75, 3.05) is 6.61 Å². The van der Waals surface area contributed by atoms with Crippen molar-refractivity contribution in [3.05, 3.63) is 33.3 Å². The van der Waals surface area contributed by atoms with E-state index in [1.807, 2.05) is 0 Å². The van der Waals surface area contributed by atoms with E-state index in [4.69, 9.17) is 11.6 Å². The summed E-state index contributed by atoms with van der Waals surface area (Å²) >= 11 is 5.44. The van der Waals surface area contributed by atoms with Crippen molar-refractivity contribution in [3.8, 4) is 0 Å². The third-order valence-corrected chi connectivity index (χ3v) is 3.31. The van der Waals surface area contributed by atoms with Crippen LogP contribution in [0.4, 0.5) is 18.9 Å². The molecule has 0 N–H and O–H groups in total. The smallest absolute Gasteiger partial charge is 0.258 e. The molecule has 0 radical (unpaired) electrons. The highest BCUT2D eigenvalue weighted by Gasteiger charge is 2.34. The molecular weight excluding hydrogens is 315 g/mol. The standard InChI is InChI=1S/C8H5ClF3NO5S/c9-5-1-2-7(6(3-5)13(14)15)19(16,17)18-4-8(10,11)12/h1-3H,4H2. The van der Waals surface area contributed by atoms with Gasteiger partial charge in [0, 0.05) is 11.1 Å². The minimum Gasteiger partial charge on any atom is -0.258 e. The maximum absolute atomic E-state index is 11.9. The number of nitro benzene ring substituents is 1. The maximum Gasteiger partial charge on any atom is 0.413 e. The van der Waals surface area contributed by atoms with Crippen LogP contribution in [0.25, 0.3) is 0 Å². The molecule has 0 saturated carbocycles. The second-order valence-electron chi connectivity index (χ2n) is 3.20. The summed E-state index contributed by atoms with van der Waals surface area (Å²) in [7, 11) is -4.91. The Morgan fingerprint density at radius 1 is 1.37 bits per heavy atom. The van der Waals surface area contributed by atoms with Crippen molar-refractivity contribution in [2.45, 2.75) is 11.1 Å². The number of hydrogen-bond donors (Lipinski definition) is 0. The third kappa shape index (κ3) is 4.33. The number of rotatable bonds is 4. The van der Waals surface area contributed by atoms with Crippen LogP contribution in [0.3, 0.4) is 0 Å². The highest BCUT2D eigenvalue weighted by molar-refractivity contribution is 7.87. The van der Waals surface area contributed by atoms with Crippen LogP contribution in [-0.4, -0.2) is 26.1 Å². The molecule has 0 heterocycles. The van der Waals surface area contributed by atoms with Crippen molar-refractivity contribution >= 4 is 27.4 Å². The number of hydrogen-bond acceptors (Lipinski definition) is 5. The molecule has 0 aromatic heterocycles. The van der Waals surface area contributed by atoms with Gasteiger partial charge < -0.3 is 0 Å². The summed E-state index contributed by atoms with van der Waals surface area (Å²) in [6.07, 6.45) is -4.88. The van der Waals surface area contributed by atoms with Crippen molar-refractivity contribution in [2.24, 2.45) is 0 Å². The van der Waals surface area contributed by atoms with Crippen LogP contribution in [0.2, 0.25) is 5.02 Å². The molecule has 0 amide bonds. The molecule has 1 aromatic rings. The van der Waals surface area contributed by atoms with Gasteiger partial charge >= 0.3 is 16.3 Å². The summed E-state index contributed by atoms with van der Waals surface area (Å²) in [5.41, 5.74) is -0.963. The summed E-state index contributed by atoms with van der Waals surface area (Å²) in [5.74, 6) is 0. The van der Waals surface area contributed by atoms with E-state index in [1.54, 1.807) is 0 Å². The van der Waals surface area contributed by atoms with E-state index in [-0.39, 0.29) is 5.02 Å². The van der Waals surface area contributed by atoms with E-state index in [0.29, 0.717) is 12.1 Å². The zero-order chi connectivity index (χ0) is 14.8. The summed E-state index contributed by atoms with van der Waals surface area (Å²) in [4.78, 5) is 8.54. The third-order valence-electron chi connectivity index (χ3n) is 1.76. The first kappa shape index (κ1) is 15.7. The lowest BCUT2D eigenvalue weighted by Gasteiger charge is -2.08. The quantitative estimate of drug-likeness (QED) is 0.483. The van der Waals surface area contributed by atoms with E-state index in [1.165, 1.54) is 0 Å². The van der Waals surface area contributed by atoms with Gasteiger partial charge in [0.1, 0.15) is 0 Å². The summed E-state index contributed by atoms with van der Waals surface area (Å²) < 4.78 is 62.2. The van der Waals surface area contributed by atoms with Crippen molar-refractivity contribution in [3.63, 3.8) is 0 Å². The van der Waals surface area contributed by atoms with Crippen molar-refractivity contribution < 1.29 is 30.7 Å². The minimum atomic E-state index is -4.91. The fourth-order valence-corrected chi connectivity index (χ4v) is 2.26. The lowest BCUT2D eigenvalue weighted by molar-refractivity contribution is -0.387. The highest BCUT2D eigenvalue weighted by Crippen LogP contribution is 2.29. The van der Waals surface area contributed by atoms with E-state index >= 15 is 0 Å². The highest BCUT2D eigenvalue weighted by atomic mass is 35.5. The molecule has 106 valence electrons. The molecule has 0 atom stereocenters. The van der Waals surface area contributed by atoms with E-state index in [2.05, 4.69) is 4.18 Å². The summed E-state index contributed by atoms with van der Waals surface area (Å²) in [5, 5.41) is 10.5. The molecule has 1 aromatic carbocycles. The van der Waals surface area contributed by atoms with Crippen LogP contribution in [0.1, 0.15) is 0 Å². The van der Waals surface area contributed by atoms with Gasteiger partial charge in [-0.15, -0.1) is 0 Å². The molecule has 1 rings (SSSR count). The van der Waals surface area contributed by atoms with Crippen molar-refractivity contribution in [1.82, 2.24) is 0 Å². The Labute approximate surface area is 110 Å². The zero-order valence-corrected chi connectivity index (χ0v) is 10.4. The van der Waals surface area contributed by atoms with Gasteiger partial charge in [0.15, 0.2) is 11.5 Å². The first-order chi connectivity index (χ1) is 8.53. The summed E-state index contributed by atoms with van der Waals surface area (Å²) in [6, 6.07) is 2.38. The number of halogens is 4. The van der Waals surface area contributed by atoms with Gasteiger partial charge in [-0.2, -0.15) is 21.6 Å². The van der Waals surface area contributed by atoms with Crippen LogP contribution in [0.15, 0.2) is 23.1 Å². The molecule has 0 unspecified atom stereocenters. The lowest BCUT2D eigenvalue weighted by Crippen LogP contribution is -2.21. The molecule has 0 aliphatic rings. The monoisotopic (exact) mass is 319 g/mol. The molecule has 0 spiro atoms. The Morgan fingerprint density at radius 2 is 1.95 bits per heavy atom. The fraction of sp³-hybridized carbons (Fsp3) is 0.250. The Bertz CT molecular complexity index is 601. The number of nitrogens with zero attached hydrogens (tertiary/aromatic N) is 1. The average molecular weight is 320 g/mol. The molecule has 0 fully saturated rings. The van der Waals surface area contributed by atoms with Crippen molar-refractivity contribution in [1.29, 1.82) is 0 Å². The van der Waals surface area contributed by atoms with Gasteiger partial charge in [0.25, 0.3) is 5.69 Å². The van der Waals surface area contributed by atoms with Crippen LogP contribution in [-0.2, 0) is 14.3 Å². The lowest BCUT2D eigenvalue weighted by atomic mass is 10.3. The van der Waals surface area contributed by atoms with Gasteiger partial charge in [-0.3, -0.25) is 14.3 Å². The van der Waals surface area contributed by atoms with Crippen LogP contribution in [0.5, 0.6) is 0 Å². The number of alkyl halides is 3. The number of nitro groups is 1. The van der Waals surface area contributed by atoms with Crippen LogP contribution in [0, 0.1) is 10.1 Å². The first-order valence-corrected chi connectivity index (χ1v) is 6.22.